The zero-order valence-electron chi connectivity index (χ0n) is 11.7. The lowest BCUT2D eigenvalue weighted by molar-refractivity contribution is -0.385. The van der Waals surface area contributed by atoms with Crippen LogP contribution in [0.1, 0.15) is 11.1 Å². The van der Waals surface area contributed by atoms with Gasteiger partial charge in [0.05, 0.1) is 20.7 Å². The maximum absolute atomic E-state index is 12.1. The molecule has 0 saturated carbocycles. The van der Waals surface area contributed by atoms with Crippen molar-refractivity contribution in [2.45, 2.75) is 12.3 Å². The molecule has 0 amide bonds. The van der Waals surface area contributed by atoms with Crippen LogP contribution in [-0.4, -0.2) is 13.3 Å². The Balaban J connectivity index is 2.11. The van der Waals surface area contributed by atoms with Gasteiger partial charge in [0.1, 0.15) is 0 Å². The summed E-state index contributed by atoms with van der Waals surface area (Å²) in [4.78, 5) is 10.3. The van der Waals surface area contributed by atoms with E-state index in [1.807, 2.05) is 0 Å². The number of sulfonamides is 1. The van der Waals surface area contributed by atoms with Crippen molar-refractivity contribution in [3.63, 3.8) is 0 Å². The van der Waals surface area contributed by atoms with Crippen LogP contribution in [0.3, 0.4) is 0 Å². The second kappa shape index (κ2) is 7.27. The van der Waals surface area contributed by atoms with E-state index >= 15 is 0 Å². The van der Waals surface area contributed by atoms with Gasteiger partial charge in [-0.3, -0.25) is 10.1 Å². The molecule has 0 saturated heterocycles. The van der Waals surface area contributed by atoms with Crippen LogP contribution in [0.5, 0.6) is 0 Å². The Bertz CT molecular complexity index is 840. The predicted molar refractivity (Wildman–Crippen MR) is 89.0 cm³/mol. The molecular weight excluding hydrogens is 363 g/mol. The fourth-order valence-corrected chi connectivity index (χ4v) is 3.37. The van der Waals surface area contributed by atoms with Gasteiger partial charge in [-0.25, -0.2) is 13.1 Å². The molecule has 0 bridgehead atoms. The predicted octanol–water partition coefficient (Wildman–Crippen LogP) is 3.52. The second-order valence-electron chi connectivity index (χ2n) is 4.71. The minimum absolute atomic E-state index is 0.0137. The molecule has 23 heavy (non-hydrogen) atoms. The lowest BCUT2D eigenvalue weighted by Crippen LogP contribution is -2.25. The first-order chi connectivity index (χ1) is 10.8. The highest BCUT2D eigenvalue weighted by molar-refractivity contribution is 7.88. The van der Waals surface area contributed by atoms with Crippen LogP contribution in [0, 0.1) is 10.1 Å². The van der Waals surface area contributed by atoms with E-state index in [1.54, 1.807) is 24.3 Å². The maximum Gasteiger partial charge on any atom is 0.273 e. The molecule has 2 rings (SSSR count). The summed E-state index contributed by atoms with van der Waals surface area (Å²) in [6.45, 7) is 0.0137. The Labute approximate surface area is 143 Å². The molecule has 0 aliphatic rings. The average Bonchev–Trinajstić information content (AvgIpc) is 2.48. The van der Waals surface area contributed by atoms with E-state index in [1.165, 1.54) is 18.2 Å². The highest BCUT2D eigenvalue weighted by Crippen LogP contribution is 2.23. The first-order valence-corrected chi connectivity index (χ1v) is 8.83. The topological polar surface area (TPSA) is 89.3 Å². The number of nitrogens with zero attached hydrogens (tertiary/aromatic N) is 1. The summed E-state index contributed by atoms with van der Waals surface area (Å²) < 4.78 is 26.6. The monoisotopic (exact) mass is 374 g/mol. The van der Waals surface area contributed by atoms with E-state index in [-0.39, 0.29) is 17.8 Å². The largest absolute Gasteiger partial charge is 0.273 e. The van der Waals surface area contributed by atoms with Crippen molar-refractivity contribution >= 4 is 38.9 Å². The van der Waals surface area contributed by atoms with Gasteiger partial charge in [-0.2, -0.15) is 0 Å². The van der Waals surface area contributed by atoms with Crippen molar-refractivity contribution in [1.82, 2.24) is 4.72 Å². The molecule has 0 spiro atoms. The molecule has 0 aromatic heterocycles. The van der Waals surface area contributed by atoms with Crippen molar-refractivity contribution in [1.29, 1.82) is 0 Å². The Morgan fingerprint density at radius 3 is 2.43 bits per heavy atom. The van der Waals surface area contributed by atoms with Gasteiger partial charge in [-0.1, -0.05) is 47.5 Å². The van der Waals surface area contributed by atoms with Crippen LogP contribution < -0.4 is 4.72 Å². The van der Waals surface area contributed by atoms with Gasteiger partial charge < -0.3 is 0 Å². The van der Waals surface area contributed by atoms with Crippen LogP contribution in [0.2, 0.25) is 10.0 Å². The summed E-state index contributed by atoms with van der Waals surface area (Å²) in [6, 6.07) is 10.5. The van der Waals surface area contributed by atoms with Crippen LogP contribution in [0.15, 0.2) is 42.5 Å². The van der Waals surface area contributed by atoms with Gasteiger partial charge in [0.15, 0.2) is 0 Å². The third kappa shape index (κ3) is 4.90. The third-order valence-corrected chi connectivity index (χ3v) is 5.03. The summed E-state index contributed by atoms with van der Waals surface area (Å²) in [5.74, 6) is -0.481. The van der Waals surface area contributed by atoms with Crippen LogP contribution >= 0.6 is 23.2 Å². The Morgan fingerprint density at radius 2 is 1.78 bits per heavy atom. The van der Waals surface area contributed by atoms with Crippen molar-refractivity contribution in [2.24, 2.45) is 0 Å². The van der Waals surface area contributed by atoms with E-state index in [2.05, 4.69) is 4.72 Å². The standard InChI is InChI=1S/C14H12Cl2N2O4S/c15-12-6-5-10(7-13(12)16)8-17-23(21,22)9-11-3-1-2-4-14(11)18(19)20/h1-7,17H,8-9H2. The molecule has 0 atom stereocenters. The summed E-state index contributed by atoms with van der Waals surface area (Å²) in [7, 11) is -3.74. The molecule has 6 nitrogen and oxygen atoms in total. The van der Waals surface area contributed by atoms with Crippen molar-refractivity contribution in [3.8, 4) is 0 Å². The molecular formula is C14H12Cl2N2O4S. The fraction of sp³-hybridized carbons (Fsp3) is 0.143. The SMILES string of the molecule is O=[N+]([O-])c1ccccc1CS(=O)(=O)NCc1ccc(Cl)c(Cl)c1. The van der Waals surface area contributed by atoms with E-state index in [9.17, 15) is 18.5 Å². The zero-order chi connectivity index (χ0) is 17.0. The van der Waals surface area contributed by atoms with Gasteiger partial charge >= 0.3 is 0 Å². The Morgan fingerprint density at radius 1 is 1.09 bits per heavy atom. The summed E-state index contributed by atoms with van der Waals surface area (Å²) in [6.07, 6.45) is 0. The minimum atomic E-state index is -3.74. The highest BCUT2D eigenvalue weighted by Gasteiger charge is 2.19. The summed E-state index contributed by atoms with van der Waals surface area (Å²) >= 11 is 11.7. The van der Waals surface area contributed by atoms with Gasteiger partial charge in [-0.05, 0) is 17.7 Å². The molecule has 0 radical (unpaired) electrons. The number of benzene rings is 2. The Kier molecular flexibility index (Phi) is 5.59. The zero-order valence-corrected chi connectivity index (χ0v) is 14.0. The molecule has 122 valence electrons. The van der Waals surface area contributed by atoms with Crippen molar-refractivity contribution < 1.29 is 13.3 Å². The molecule has 0 fully saturated rings. The highest BCUT2D eigenvalue weighted by atomic mass is 35.5. The molecule has 0 unspecified atom stereocenters. The number of rotatable bonds is 6. The summed E-state index contributed by atoms with van der Waals surface area (Å²) in [5, 5.41) is 11.6. The third-order valence-electron chi connectivity index (χ3n) is 3.01. The maximum atomic E-state index is 12.1. The first-order valence-electron chi connectivity index (χ1n) is 6.42. The number of nitro benzene ring substituents is 1. The Hall–Kier alpha value is -1.67. The first kappa shape index (κ1) is 17.7. The number of halogens is 2. The number of para-hydroxylation sites is 1. The van der Waals surface area contributed by atoms with Gasteiger partial charge in [0.25, 0.3) is 5.69 Å². The van der Waals surface area contributed by atoms with E-state index in [0.29, 0.717) is 15.6 Å². The smallest absolute Gasteiger partial charge is 0.258 e. The van der Waals surface area contributed by atoms with Gasteiger partial charge in [0, 0.05) is 18.2 Å². The minimum Gasteiger partial charge on any atom is -0.258 e. The molecule has 9 heteroatoms. The molecule has 2 aromatic rings. The summed E-state index contributed by atoms with van der Waals surface area (Å²) in [5.41, 5.74) is 0.525. The van der Waals surface area contributed by atoms with Crippen LogP contribution in [-0.2, 0) is 22.3 Å². The molecule has 0 aliphatic carbocycles. The molecule has 2 aromatic carbocycles. The molecule has 0 heterocycles. The van der Waals surface area contributed by atoms with E-state index in [4.69, 9.17) is 23.2 Å². The normalized spacial score (nSPS) is 11.4. The number of hydrogen-bond donors (Lipinski definition) is 1. The van der Waals surface area contributed by atoms with Crippen LogP contribution in [0.4, 0.5) is 5.69 Å². The van der Waals surface area contributed by atoms with Gasteiger partial charge in [-0.15, -0.1) is 0 Å². The quantitative estimate of drug-likeness (QED) is 0.618. The lowest BCUT2D eigenvalue weighted by atomic mass is 10.2. The number of nitro groups is 1. The number of hydrogen-bond acceptors (Lipinski definition) is 4. The van der Waals surface area contributed by atoms with Crippen LogP contribution in [0.25, 0.3) is 0 Å². The average molecular weight is 375 g/mol. The molecule has 0 aliphatic heterocycles. The van der Waals surface area contributed by atoms with E-state index in [0.717, 1.165) is 0 Å². The number of nitrogens with one attached hydrogen (secondary N) is 1. The molecule has 1 N–H and O–H groups in total. The van der Waals surface area contributed by atoms with Crippen molar-refractivity contribution in [2.75, 3.05) is 0 Å². The second-order valence-corrected chi connectivity index (χ2v) is 7.34. The fourth-order valence-electron chi connectivity index (χ4n) is 1.91. The van der Waals surface area contributed by atoms with Gasteiger partial charge in [0.2, 0.25) is 10.0 Å². The van der Waals surface area contributed by atoms with E-state index < -0.39 is 20.7 Å². The lowest BCUT2D eigenvalue weighted by Gasteiger charge is -2.08. The van der Waals surface area contributed by atoms with Crippen molar-refractivity contribution in [3.05, 3.63) is 73.8 Å².